The number of fused-ring (bicyclic) bond motifs is 2. The number of piperazine rings is 1. The minimum atomic E-state index is -1.19. The number of hydrogen-bond acceptors (Lipinski definition) is 7. The van der Waals surface area contributed by atoms with Crippen LogP contribution in [-0.4, -0.2) is 67.0 Å². The number of nitrogens with one attached hydrogen (secondary N) is 2. The Kier molecular flexibility index (Phi) is 6.82. The maximum Gasteiger partial charge on any atom is 0.274 e. The van der Waals surface area contributed by atoms with Crippen molar-refractivity contribution in [1.29, 1.82) is 5.26 Å². The number of aromatic nitrogens is 4. The molecule has 3 N–H and O–H groups in total. The lowest BCUT2D eigenvalue weighted by molar-refractivity contribution is 0.0793. The van der Waals surface area contributed by atoms with Gasteiger partial charge in [-0.15, -0.1) is 0 Å². The Morgan fingerprint density at radius 1 is 1.18 bits per heavy atom. The predicted octanol–water partition coefficient (Wildman–Crippen LogP) is 3.81. The summed E-state index contributed by atoms with van der Waals surface area (Å²) in [6.07, 6.45) is 8.00. The first kappa shape index (κ1) is 26.4. The zero-order valence-corrected chi connectivity index (χ0v) is 23.3. The molecule has 10 heteroatoms. The number of nitrogens with zero attached hydrogens (tertiary/aromatic N) is 6. The van der Waals surface area contributed by atoms with Crippen molar-refractivity contribution in [3.63, 3.8) is 0 Å². The molecule has 2 fully saturated rings. The zero-order chi connectivity index (χ0) is 28.0. The third-order valence-electron chi connectivity index (χ3n) is 8.39. The summed E-state index contributed by atoms with van der Waals surface area (Å²) in [6.45, 7) is 8.97. The number of rotatable bonds is 5. The molecule has 0 spiro atoms. The summed E-state index contributed by atoms with van der Waals surface area (Å²) in [6, 6.07) is 12.5. The summed E-state index contributed by atoms with van der Waals surface area (Å²) in [5.41, 5.74) is 2.15. The van der Waals surface area contributed by atoms with Crippen LogP contribution in [0.1, 0.15) is 74.1 Å². The second kappa shape index (κ2) is 10.3. The van der Waals surface area contributed by atoms with E-state index in [0.717, 1.165) is 43.4 Å². The molecule has 1 saturated heterocycles. The van der Waals surface area contributed by atoms with Crippen LogP contribution in [0.25, 0.3) is 16.4 Å². The SMILES string of the molecule is C[C@@H]1CN(C2CCC(n3cc4cc(NC(=O)c5ccc6cc(C#N)cnn56)c(C(C)(C)O)cc4n3)CC2)CCN1. The lowest BCUT2D eigenvalue weighted by atomic mass is 9.89. The van der Waals surface area contributed by atoms with Gasteiger partial charge in [0.2, 0.25) is 0 Å². The Morgan fingerprint density at radius 2 is 1.95 bits per heavy atom. The van der Waals surface area contributed by atoms with Crippen molar-refractivity contribution in [2.75, 3.05) is 25.0 Å². The van der Waals surface area contributed by atoms with Gasteiger partial charge in [-0.3, -0.25) is 14.4 Å². The molecule has 1 atom stereocenters. The molecular weight excluding hydrogens is 504 g/mol. The lowest BCUT2D eigenvalue weighted by Crippen LogP contribution is -2.53. The first-order chi connectivity index (χ1) is 19.2. The number of nitriles is 1. The van der Waals surface area contributed by atoms with Crippen molar-refractivity contribution in [2.45, 2.75) is 70.2 Å². The molecular formula is C30H36N8O2. The van der Waals surface area contributed by atoms with E-state index in [1.165, 1.54) is 23.6 Å². The fourth-order valence-electron chi connectivity index (χ4n) is 6.29. The minimum absolute atomic E-state index is 0.337. The third-order valence-corrected chi connectivity index (χ3v) is 8.39. The van der Waals surface area contributed by atoms with Crippen molar-refractivity contribution in [2.24, 2.45) is 0 Å². The molecule has 10 nitrogen and oxygen atoms in total. The van der Waals surface area contributed by atoms with E-state index in [1.807, 2.05) is 12.1 Å². The summed E-state index contributed by atoms with van der Waals surface area (Å²) in [4.78, 5) is 16.0. The predicted molar refractivity (Wildman–Crippen MR) is 153 cm³/mol. The highest BCUT2D eigenvalue weighted by molar-refractivity contribution is 6.05. The van der Waals surface area contributed by atoms with Gasteiger partial charge in [0, 0.05) is 54.6 Å². The molecule has 40 heavy (non-hydrogen) atoms. The first-order valence-electron chi connectivity index (χ1n) is 14.1. The van der Waals surface area contributed by atoms with E-state index in [9.17, 15) is 9.90 Å². The van der Waals surface area contributed by atoms with E-state index in [1.54, 1.807) is 32.0 Å². The van der Waals surface area contributed by atoms with Gasteiger partial charge in [0.05, 0.1) is 34.4 Å². The zero-order valence-electron chi connectivity index (χ0n) is 23.3. The van der Waals surface area contributed by atoms with Crippen molar-refractivity contribution in [1.82, 2.24) is 29.6 Å². The van der Waals surface area contributed by atoms with Gasteiger partial charge in [-0.1, -0.05) is 0 Å². The molecule has 1 aromatic carbocycles. The number of benzene rings is 1. The number of anilines is 1. The van der Waals surface area contributed by atoms with Gasteiger partial charge < -0.3 is 15.7 Å². The summed E-state index contributed by atoms with van der Waals surface area (Å²) in [5.74, 6) is -0.352. The molecule has 4 heterocycles. The quantitative estimate of drug-likeness (QED) is 0.352. The number of aliphatic hydroxyl groups is 1. The van der Waals surface area contributed by atoms with Gasteiger partial charge in [0.1, 0.15) is 11.8 Å². The normalized spacial score (nSPS) is 22.4. The van der Waals surface area contributed by atoms with Gasteiger partial charge in [-0.05, 0) is 76.8 Å². The van der Waals surface area contributed by atoms with Crippen LogP contribution in [0.2, 0.25) is 0 Å². The fraction of sp³-hybridized carbons (Fsp3) is 0.467. The van der Waals surface area contributed by atoms with Crippen molar-refractivity contribution in [3.8, 4) is 6.07 Å². The van der Waals surface area contributed by atoms with Gasteiger partial charge in [0.25, 0.3) is 5.91 Å². The van der Waals surface area contributed by atoms with Crippen LogP contribution in [0.5, 0.6) is 0 Å². The highest BCUT2D eigenvalue weighted by Gasteiger charge is 2.30. The molecule has 1 aliphatic heterocycles. The molecule has 1 saturated carbocycles. The number of hydrogen-bond donors (Lipinski definition) is 3. The Morgan fingerprint density at radius 3 is 2.67 bits per heavy atom. The molecule has 0 bridgehead atoms. The Labute approximate surface area is 233 Å². The summed E-state index contributed by atoms with van der Waals surface area (Å²) >= 11 is 0. The molecule has 1 amide bonds. The Bertz CT molecular complexity index is 1600. The average molecular weight is 541 g/mol. The van der Waals surface area contributed by atoms with Gasteiger partial charge >= 0.3 is 0 Å². The largest absolute Gasteiger partial charge is 0.386 e. The van der Waals surface area contributed by atoms with Crippen molar-refractivity contribution < 1.29 is 9.90 Å². The molecule has 2 aliphatic rings. The van der Waals surface area contributed by atoms with E-state index in [0.29, 0.717) is 46.2 Å². The van der Waals surface area contributed by atoms with Crippen LogP contribution >= 0.6 is 0 Å². The molecule has 1 aliphatic carbocycles. The van der Waals surface area contributed by atoms with Crippen LogP contribution in [0, 0.1) is 11.3 Å². The molecule has 3 aromatic heterocycles. The highest BCUT2D eigenvalue weighted by Crippen LogP contribution is 2.35. The van der Waals surface area contributed by atoms with Crippen LogP contribution in [-0.2, 0) is 5.60 Å². The van der Waals surface area contributed by atoms with Crippen LogP contribution in [0.3, 0.4) is 0 Å². The summed E-state index contributed by atoms with van der Waals surface area (Å²) in [7, 11) is 0. The summed E-state index contributed by atoms with van der Waals surface area (Å²) in [5, 5.41) is 36.8. The molecule has 4 aromatic rings. The number of amides is 1. The molecule has 0 unspecified atom stereocenters. The Balaban J connectivity index is 1.24. The second-order valence-electron chi connectivity index (χ2n) is 11.8. The van der Waals surface area contributed by atoms with Crippen LogP contribution in [0.4, 0.5) is 5.69 Å². The number of carbonyl (C=O) groups is 1. The average Bonchev–Trinajstić information content (AvgIpc) is 3.56. The van der Waals surface area contributed by atoms with Crippen molar-refractivity contribution in [3.05, 3.63) is 59.5 Å². The lowest BCUT2D eigenvalue weighted by Gasteiger charge is -2.41. The molecule has 6 rings (SSSR count). The maximum atomic E-state index is 13.3. The maximum absolute atomic E-state index is 13.3. The third kappa shape index (κ3) is 5.08. The number of carbonyl (C=O) groups excluding carboxylic acids is 1. The van der Waals surface area contributed by atoms with Gasteiger partial charge in [-0.25, -0.2) is 4.52 Å². The van der Waals surface area contributed by atoms with E-state index >= 15 is 0 Å². The molecule has 208 valence electrons. The minimum Gasteiger partial charge on any atom is -0.386 e. The van der Waals surface area contributed by atoms with E-state index in [2.05, 4.69) is 44.5 Å². The topological polar surface area (TPSA) is 124 Å². The van der Waals surface area contributed by atoms with Gasteiger partial charge in [-0.2, -0.15) is 15.5 Å². The smallest absolute Gasteiger partial charge is 0.274 e. The highest BCUT2D eigenvalue weighted by atomic mass is 16.3. The fourth-order valence-corrected chi connectivity index (χ4v) is 6.29. The van der Waals surface area contributed by atoms with Crippen LogP contribution < -0.4 is 10.6 Å². The monoisotopic (exact) mass is 540 g/mol. The Hall–Kier alpha value is -3.78. The summed E-state index contributed by atoms with van der Waals surface area (Å²) < 4.78 is 3.59. The van der Waals surface area contributed by atoms with Crippen LogP contribution in [0.15, 0.2) is 42.7 Å². The second-order valence-corrected chi connectivity index (χ2v) is 11.8. The molecule has 0 radical (unpaired) electrons. The van der Waals surface area contributed by atoms with Gasteiger partial charge in [0.15, 0.2) is 0 Å². The van der Waals surface area contributed by atoms with Crippen molar-refractivity contribution >= 4 is 28.0 Å². The van der Waals surface area contributed by atoms with E-state index in [-0.39, 0.29) is 5.91 Å². The van der Waals surface area contributed by atoms with E-state index < -0.39 is 5.60 Å². The first-order valence-corrected chi connectivity index (χ1v) is 14.1. The van der Waals surface area contributed by atoms with E-state index in [4.69, 9.17) is 10.4 Å². The standard InChI is InChI=1S/C30H36N8O2/c1-19-17-36(11-10-32-19)22-4-6-23(7-5-22)37-18-21-13-27(25(30(2,3)40)14-26(21)35-37)34-29(39)28-9-8-24-12-20(15-31)16-33-38(24)28/h8-9,12-14,16,18-19,22-23,32,40H,4-7,10-11,17H2,1-3H3,(H,34,39)/t19-,22?,23?/m1/s1.